The smallest absolute Gasteiger partial charge is 0.857 e. The van der Waals surface area contributed by atoms with E-state index in [1.807, 2.05) is 36.4 Å². The van der Waals surface area contributed by atoms with Gasteiger partial charge in [0.25, 0.3) is 0 Å². The first-order chi connectivity index (χ1) is 13.6. The zero-order chi connectivity index (χ0) is 19.8. The van der Waals surface area contributed by atoms with Crippen molar-refractivity contribution in [3.8, 4) is 0 Å². The Hall–Kier alpha value is -3.31. The summed E-state index contributed by atoms with van der Waals surface area (Å²) in [5, 5.41) is 23.2. The number of aromatic nitrogens is 1. The summed E-state index contributed by atoms with van der Waals surface area (Å²) in [4.78, 5) is 23.5. The Morgan fingerprint density at radius 1 is 0.897 bits per heavy atom. The number of benzene rings is 2. The van der Waals surface area contributed by atoms with E-state index in [2.05, 4.69) is 15.0 Å². The minimum atomic E-state index is -1.17. The number of rotatable bonds is 7. The molecule has 2 aromatic carbocycles. The van der Waals surface area contributed by atoms with Crippen LogP contribution >= 0.6 is 0 Å². The molecule has 29 heavy (non-hydrogen) atoms. The molecule has 3 aromatic rings. The van der Waals surface area contributed by atoms with E-state index in [0.29, 0.717) is 17.0 Å². The molecule has 0 saturated carbocycles. The maximum absolute atomic E-state index is 12.5. The normalized spacial score (nSPS) is 11.6. The molecule has 0 unspecified atom stereocenters. The molecule has 7 heteroatoms. The molecule has 0 spiro atoms. The van der Waals surface area contributed by atoms with Crippen molar-refractivity contribution in [3.63, 3.8) is 0 Å². The number of hydrogen-bond acceptors (Lipinski definition) is 6. The zero-order valence-electron chi connectivity index (χ0n) is 15.3. The summed E-state index contributed by atoms with van der Waals surface area (Å²) in [5.41, 5.74) is 2.68. The van der Waals surface area contributed by atoms with Gasteiger partial charge in [-0.1, -0.05) is 54.6 Å². The van der Waals surface area contributed by atoms with Gasteiger partial charge in [-0.2, -0.15) is 0 Å². The van der Waals surface area contributed by atoms with Gasteiger partial charge in [0.15, 0.2) is 0 Å². The maximum atomic E-state index is 12.5. The molecule has 3 rings (SSSR count). The van der Waals surface area contributed by atoms with Gasteiger partial charge < -0.3 is 15.0 Å². The molecule has 0 aliphatic carbocycles. The largest absolute Gasteiger partial charge is 2.00 e. The molecule has 0 atom stereocenters. The van der Waals surface area contributed by atoms with Crippen molar-refractivity contribution in [2.75, 3.05) is 6.54 Å². The third-order valence-corrected chi connectivity index (χ3v) is 3.90. The molecule has 0 saturated heterocycles. The quantitative estimate of drug-likeness (QED) is 0.322. The third-order valence-electron chi connectivity index (χ3n) is 3.90. The maximum Gasteiger partial charge on any atom is 2.00 e. The Balaban J connectivity index is 0.00000300. The van der Waals surface area contributed by atoms with Crippen molar-refractivity contribution in [2.24, 2.45) is 9.98 Å². The van der Waals surface area contributed by atoms with Crippen LogP contribution in [0.1, 0.15) is 23.2 Å². The van der Waals surface area contributed by atoms with E-state index < -0.39 is 11.9 Å². The Morgan fingerprint density at radius 3 is 2.28 bits per heavy atom. The van der Waals surface area contributed by atoms with Gasteiger partial charge in [-0.25, -0.2) is 0 Å². The fourth-order valence-electron chi connectivity index (χ4n) is 2.61. The molecule has 0 fully saturated rings. The van der Waals surface area contributed by atoms with Gasteiger partial charge in [0.1, 0.15) is 0 Å². The molecule has 0 amide bonds. The molecule has 1 heterocycles. The number of pyridine rings is 1. The fourth-order valence-corrected chi connectivity index (χ4v) is 2.61. The number of aliphatic imine (C=N–C) groups is 2. The molecule has 0 aliphatic heterocycles. The average molecular weight is 430 g/mol. The summed E-state index contributed by atoms with van der Waals surface area (Å²) in [6.07, 6.45) is 1.34. The van der Waals surface area contributed by atoms with E-state index in [9.17, 15) is 15.0 Å². The number of carboxylic acid groups (broad SMARTS) is 1. The van der Waals surface area contributed by atoms with E-state index in [1.54, 1.807) is 36.4 Å². The van der Waals surface area contributed by atoms with Crippen molar-refractivity contribution >= 4 is 23.3 Å². The van der Waals surface area contributed by atoms with Gasteiger partial charge >= 0.3 is 16.5 Å². The van der Waals surface area contributed by atoms with Gasteiger partial charge in [-0.15, -0.1) is 0 Å². The van der Waals surface area contributed by atoms with Gasteiger partial charge in [-0.05, 0) is 18.2 Å². The Bertz CT molecular complexity index is 1010. The number of para-hydroxylation sites is 1. The van der Waals surface area contributed by atoms with Crippen LogP contribution in [-0.2, 0) is 21.3 Å². The van der Waals surface area contributed by atoms with Crippen LogP contribution in [0.25, 0.3) is 0 Å². The molecule has 0 aliphatic rings. The standard InChI is InChI=1S/C22H19N3O3.Ni/c26-20(27)13-15-24-21(16-8-2-1-3-9-16)17-10-4-5-11-18(17)25-22(28)19-12-6-7-14-23-19;/h1-12,14H,13,15H2,(H,25,28)(H,26,27);/q;+2/p-2. The number of carbonyl (C=O) groups excluding carboxylic acids is 1. The number of carboxylic acids is 1. The first-order valence-corrected chi connectivity index (χ1v) is 8.71. The van der Waals surface area contributed by atoms with Crippen molar-refractivity contribution in [1.82, 2.24) is 4.98 Å². The summed E-state index contributed by atoms with van der Waals surface area (Å²) < 4.78 is 0. The minimum Gasteiger partial charge on any atom is -0.857 e. The molecule has 0 bridgehead atoms. The van der Waals surface area contributed by atoms with Gasteiger partial charge in [0, 0.05) is 42.2 Å². The van der Waals surface area contributed by atoms with Crippen LogP contribution in [0.2, 0.25) is 0 Å². The zero-order valence-corrected chi connectivity index (χ0v) is 16.3. The van der Waals surface area contributed by atoms with Gasteiger partial charge in [-0.3, -0.25) is 15.0 Å². The van der Waals surface area contributed by atoms with Crippen molar-refractivity contribution < 1.29 is 31.5 Å². The van der Waals surface area contributed by atoms with E-state index in [0.717, 1.165) is 5.56 Å². The fraction of sp³-hybridized carbons (Fsp3) is 0.0909. The van der Waals surface area contributed by atoms with Crippen molar-refractivity contribution in [3.05, 3.63) is 95.8 Å². The summed E-state index contributed by atoms with van der Waals surface area (Å²) in [5.74, 6) is -1.63. The van der Waals surface area contributed by atoms with Crippen LogP contribution < -0.4 is 10.2 Å². The van der Waals surface area contributed by atoms with Gasteiger partial charge in [0.05, 0.1) is 17.1 Å². The number of aliphatic carboxylic acids is 1. The van der Waals surface area contributed by atoms with Crippen LogP contribution in [0.4, 0.5) is 5.69 Å². The monoisotopic (exact) mass is 429 g/mol. The molecule has 1 aromatic heterocycles. The first kappa shape index (κ1) is 22.0. The number of nitrogens with zero attached hydrogens (tertiary/aromatic N) is 3. The van der Waals surface area contributed by atoms with Crippen molar-refractivity contribution in [2.45, 2.75) is 6.42 Å². The Labute approximate surface area is 178 Å². The van der Waals surface area contributed by atoms with Crippen LogP contribution in [0, 0.1) is 0 Å². The average Bonchev–Trinajstić information content (AvgIpc) is 2.73. The SMILES string of the molecule is O=C([O-])CCN=C(c1ccccc1)c1ccccc1N=C([O-])c1ccccn1.[Ni+2]. The van der Waals surface area contributed by atoms with Crippen LogP contribution in [0.3, 0.4) is 0 Å². The van der Waals surface area contributed by atoms with Crippen LogP contribution in [0.15, 0.2) is 89.0 Å². The number of carbonyl (C=O) groups is 1. The molecular formula is C22H17N3NiO3. The summed E-state index contributed by atoms with van der Waals surface area (Å²) in [7, 11) is 0. The van der Waals surface area contributed by atoms with Crippen molar-refractivity contribution in [1.29, 1.82) is 0 Å². The molecule has 0 radical (unpaired) electrons. The summed E-state index contributed by atoms with van der Waals surface area (Å²) in [6.45, 7) is 0.0646. The molecule has 0 N–H and O–H groups in total. The topological polar surface area (TPSA) is 101 Å². The van der Waals surface area contributed by atoms with Crippen LogP contribution in [-0.4, -0.2) is 29.1 Å². The van der Waals surface area contributed by atoms with E-state index in [4.69, 9.17) is 0 Å². The second kappa shape index (κ2) is 10.9. The molecule has 148 valence electrons. The van der Waals surface area contributed by atoms with E-state index in [-0.39, 0.29) is 35.2 Å². The predicted octanol–water partition coefficient (Wildman–Crippen LogP) is 1.50. The predicted molar refractivity (Wildman–Crippen MR) is 103 cm³/mol. The third kappa shape index (κ3) is 6.09. The second-order valence-electron chi connectivity index (χ2n) is 5.87. The number of hydrogen-bond donors (Lipinski definition) is 0. The Morgan fingerprint density at radius 2 is 1.59 bits per heavy atom. The molecular weight excluding hydrogens is 413 g/mol. The summed E-state index contributed by atoms with van der Waals surface area (Å²) in [6, 6.07) is 21.5. The summed E-state index contributed by atoms with van der Waals surface area (Å²) >= 11 is 0. The van der Waals surface area contributed by atoms with E-state index in [1.165, 1.54) is 6.20 Å². The van der Waals surface area contributed by atoms with Crippen LogP contribution in [0.5, 0.6) is 0 Å². The van der Waals surface area contributed by atoms with Gasteiger partial charge in [0.2, 0.25) is 0 Å². The van der Waals surface area contributed by atoms with E-state index >= 15 is 0 Å². The Kier molecular flexibility index (Phi) is 8.25. The molecule has 6 nitrogen and oxygen atoms in total. The second-order valence-corrected chi connectivity index (χ2v) is 5.87. The minimum absolute atomic E-state index is 0. The first-order valence-electron chi connectivity index (χ1n) is 8.71.